The number of allylic oxidation sites excluding steroid dienone is 1. The van der Waals surface area contributed by atoms with Crippen LogP contribution in [-0.2, 0) is 5.11 Å². The second-order valence-corrected chi connectivity index (χ2v) is 4.82. The molecule has 0 aliphatic heterocycles. The van der Waals surface area contributed by atoms with Gasteiger partial charge >= 0.3 is 6.18 Å². The summed E-state index contributed by atoms with van der Waals surface area (Å²) < 4.78 is 34.3. The van der Waals surface area contributed by atoms with Gasteiger partial charge in [-0.3, -0.25) is 5.11 Å². The maximum absolute atomic E-state index is 11.4. The molecule has 0 saturated heterocycles. The summed E-state index contributed by atoms with van der Waals surface area (Å²) >= 11 is 0. The van der Waals surface area contributed by atoms with E-state index in [-0.39, 0.29) is 23.9 Å². The Hall–Kier alpha value is -0.731. The molecular weight excluding hydrogens is 446 g/mol. The molecule has 0 aromatic rings. The van der Waals surface area contributed by atoms with Crippen molar-refractivity contribution in [3.05, 3.63) is 38.5 Å². The van der Waals surface area contributed by atoms with Crippen LogP contribution >= 0.6 is 0 Å². The van der Waals surface area contributed by atoms with Crippen LogP contribution < -0.4 is 0 Å². The van der Waals surface area contributed by atoms with Gasteiger partial charge in [-0.25, -0.2) is 0 Å². The van der Waals surface area contributed by atoms with Gasteiger partial charge in [0.05, 0.1) is 0 Å². The minimum Gasteiger partial charge on any atom is -0.339 e. The molecule has 0 aliphatic carbocycles. The minimum absolute atomic E-state index is 0. The van der Waals surface area contributed by atoms with Gasteiger partial charge in [-0.05, 0) is 5.73 Å². The Kier molecular flexibility index (Phi) is 40.5. The Morgan fingerprint density at radius 2 is 1.27 bits per heavy atom. The molecule has 0 spiro atoms. The minimum atomic E-state index is -4.53. The quantitative estimate of drug-likeness (QED) is 0.209. The molecule has 0 atom stereocenters. The third-order valence-electron chi connectivity index (χ3n) is 1.95. The molecule has 0 saturated carbocycles. The average molecular weight is 480 g/mol. The van der Waals surface area contributed by atoms with Crippen LogP contribution in [0.5, 0.6) is 0 Å². The fourth-order valence-corrected chi connectivity index (χ4v) is 0.345. The first kappa shape index (κ1) is 36.2. The van der Waals surface area contributed by atoms with Crippen LogP contribution in [-0.4, -0.2) is 49.1 Å². The summed E-state index contributed by atoms with van der Waals surface area (Å²) in [5, 5.41) is 10.7. The molecule has 0 bridgehead atoms. The molecule has 150 valence electrons. The Balaban J connectivity index is -0.0000000933. The van der Waals surface area contributed by atoms with Crippen molar-refractivity contribution >= 4 is 23.9 Å². The molecule has 0 unspecified atom stereocenters. The Morgan fingerprint density at radius 1 is 0.962 bits per heavy atom. The topological polar surface area (TPSA) is 23.1 Å². The molecule has 0 heterocycles. The number of hydrogen-bond acceptors (Lipinski definition) is 1. The molecule has 0 aliphatic rings. The van der Waals surface area contributed by atoms with Crippen molar-refractivity contribution < 1.29 is 18.3 Å². The van der Waals surface area contributed by atoms with E-state index >= 15 is 0 Å². The van der Waals surface area contributed by atoms with Crippen LogP contribution in [0.4, 0.5) is 13.2 Å². The van der Waals surface area contributed by atoms with Crippen LogP contribution in [0.2, 0.25) is 0 Å². The zero-order valence-corrected chi connectivity index (χ0v) is 19.8. The fraction of sp³-hybridized carbons (Fsp3) is 0.600. The van der Waals surface area contributed by atoms with Crippen LogP contribution in [0.3, 0.4) is 0 Å². The normalized spacial score (nSPS) is 8.12. The summed E-state index contributed by atoms with van der Waals surface area (Å²) in [4.78, 5) is 1.17. The second kappa shape index (κ2) is 29.0. The van der Waals surface area contributed by atoms with E-state index in [0.717, 1.165) is 31.3 Å². The van der Waals surface area contributed by atoms with Gasteiger partial charge < -0.3 is 4.90 Å². The monoisotopic (exact) mass is 481 g/mol. The van der Waals surface area contributed by atoms with Crippen LogP contribution in [0, 0.1) is 32.6 Å². The van der Waals surface area contributed by atoms with Gasteiger partial charge in [0, 0.05) is 50.0 Å². The van der Waals surface area contributed by atoms with Gasteiger partial charge in [0.1, 0.15) is 0 Å². The van der Waals surface area contributed by atoms with Gasteiger partial charge in [-0.2, -0.15) is 13.2 Å². The first-order chi connectivity index (χ1) is 11.6. The largest absolute Gasteiger partial charge is 0.458 e. The van der Waals surface area contributed by atoms with Crippen molar-refractivity contribution in [1.82, 2.24) is 4.90 Å². The van der Waals surface area contributed by atoms with E-state index in [1.165, 1.54) is 38.3 Å². The number of halogens is 3. The van der Waals surface area contributed by atoms with Crippen molar-refractivity contribution in [1.29, 1.82) is 0 Å². The first-order valence-corrected chi connectivity index (χ1v) is 8.34. The number of hydrogen-bond donors (Lipinski definition) is 0. The van der Waals surface area contributed by atoms with Gasteiger partial charge in [0.25, 0.3) is 5.88 Å². The van der Waals surface area contributed by atoms with Crippen molar-refractivity contribution in [2.45, 2.75) is 65.5 Å². The summed E-state index contributed by atoms with van der Waals surface area (Å²) in [6, 6.07) is 0. The molecule has 0 aromatic heterocycles. The third-order valence-corrected chi connectivity index (χ3v) is 1.95. The van der Waals surface area contributed by atoms with E-state index in [4.69, 9.17) is 0 Å². The third kappa shape index (κ3) is 56.7. The predicted molar refractivity (Wildman–Crippen MR) is 106 cm³/mol. The number of alkyl halides is 3. The van der Waals surface area contributed by atoms with E-state index in [1.807, 2.05) is 5.73 Å². The molecule has 2 nitrogen and oxygen atoms in total. The van der Waals surface area contributed by atoms with Gasteiger partial charge in [-0.15, -0.1) is 0 Å². The van der Waals surface area contributed by atoms with Crippen LogP contribution in [0.15, 0.2) is 17.7 Å². The molecule has 0 rings (SSSR count). The molecule has 6 heteroatoms. The molecular formula is C20H34F3NOSn. The van der Waals surface area contributed by atoms with Crippen LogP contribution in [0.1, 0.15) is 59.3 Å². The number of nitrogens with zero attached hydrogens (tertiary/aromatic N) is 1. The Morgan fingerprint density at radius 3 is 1.46 bits per heavy atom. The summed E-state index contributed by atoms with van der Waals surface area (Å²) in [6.07, 6.45) is 3.05. The second-order valence-electron chi connectivity index (χ2n) is 4.82. The molecule has 0 fully saturated rings. The summed E-state index contributed by atoms with van der Waals surface area (Å²) in [7, 11) is 2.92. The zero-order chi connectivity index (χ0) is 20.7. The average Bonchev–Trinajstić information content (AvgIpc) is 2.58. The van der Waals surface area contributed by atoms with Crippen molar-refractivity contribution in [3.63, 3.8) is 0 Å². The Labute approximate surface area is 176 Å². The van der Waals surface area contributed by atoms with E-state index in [2.05, 4.69) is 41.5 Å². The predicted octanol–water partition coefficient (Wildman–Crippen LogP) is 6.02. The maximum Gasteiger partial charge on any atom is 0.458 e. The number of rotatable bonds is 4. The van der Waals surface area contributed by atoms with Crippen molar-refractivity contribution in [3.8, 4) is 11.8 Å². The van der Waals surface area contributed by atoms with E-state index < -0.39 is 12.1 Å². The van der Waals surface area contributed by atoms with Crippen molar-refractivity contribution in [2.75, 3.05) is 14.1 Å². The molecule has 8 radical (unpaired) electrons. The van der Waals surface area contributed by atoms with Gasteiger partial charge in [0.2, 0.25) is 0 Å². The first-order valence-electron chi connectivity index (χ1n) is 8.34. The Bertz CT molecular complexity index is 361. The molecule has 0 aromatic carbocycles. The fourth-order valence-electron chi connectivity index (χ4n) is 0.345. The van der Waals surface area contributed by atoms with Crippen molar-refractivity contribution in [2.24, 2.45) is 0 Å². The maximum atomic E-state index is 11.4. The summed E-state index contributed by atoms with van der Waals surface area (Å²) in [5.41, 5.74) is 2.04. The molecule has 26 heavy (non-hydrogen) atoms. The van der Waals surface area contributed by atoms with E-state index in [1.54, 1.807) is 5.92 Å². The van der Waals surface area contributed by atoms with E-state index in [9.17, 15) is 18.3 Å². The van der Waals surface area contributed by atoms with E-state index in [0.29, 0.717) is 0 Å². The summed E-state index contributed by atoms with van der Waals surface area (Å²) in [5.74, 6) is 2.10. The SMILES string of the molecule is CN(C)C([O])=C=CC#CC(F)(F)F.[CH2]CCC.[CH2]CCC.[CH2]CCC.[Sn]. The molecule has 0 amide bonds. The number of unbranched alkanes of at least 4 members (excludes halogenated alkanes) is 3. The smallest absolute Gasteiger partial charge is 0.339 e. The zero-order valence-electron chi connectivity index (χ0n) is 16.9. The standard InChI is InChI=1S/C8H7F3NO.3C4H9.Sn/c1-12(2)7(13)5-3-4-6-8(9,10)11;3*1-3-4-2;/h3H,1-2H3;3*1,3-4H2,2H3;. The van der Waals surface area contributed by atoms with Gasteiger partial charge in [-0.1, -0.05) is 86.0 Å². The molecule has 0 N–H and O–H groups in total. The summed E-state index contributed by atoms with van der Waals surface area (Å²) in [6.45, 7) is 17.2. The van der Waals surface area contributed by atoms with Crippen LogP contribution in [0.25, 0.3) is 0 Å². The van der Waals surface area contributed by atoms with Gasteiger partial charge in [0.15, 0.2) is 0 Å².